The van der Waals surface area contributed by atoms with Crippen LogP contribution in [0.2, 0.25) is 0 Å². The first-order valence-corrected chi connectivity index (χ1v) is 9.73. The zero-order valence-electron chi connectivity index (χ0n) is 13.8. The summed E-state index contributed by atoms with van der Waals surface area (Å²) in [5.74, 6) is 1.01. The fourth-order valence-electron chi connectivity index (χ4n) is 3.77. The first-order valence-electron chi connectivity index (χ1n) is 8.68. The largest absolute Gasteiger partial charge is 0.508 e. The number of hydrogen-bond acceptors (Lipinski definition) is 4. The van der Waals surface area contributed by atoms with Crippen molar-refractivity contribution >= 4 is 23.5 Å². The van der Waals surface area contributed by atoms with E-state index in [1.165, 1.54) is 18.2 Å². The van der Waals surface area contributed by atoms with Gasteiger partial charge in [-0.15, -0.1) is 11.8 Å². The number of amides is 1. The molecule has 1 aliphatic carbocycles. The van der Waals surface area contributed by atoms with Crippen LogP contribution in [0.5, 0.6) is 5.75 Å². The molecule has 1 aromatic carbocycles. The van der Waals surface area contributed by atoms with Crippen LogP contribution in [-0.4, -0.2) is 26.5 Å². The van der Waals surface area contributed by atoms with Crippen molar-refractivity contribution in [1.29, 1.82) is 0 Å². The van der Waals surface area contributed by atoms with Crippen molar-refractivity contribution in [1.82, 2.24) is 9.78 Å². The summed E-state index contributed by atoms with van der Waals surface area (Å²) < 4.78 is 1.88. The molecular weight excluding hydrogens is 338 g/mol. The lowest BCUT2D eigenvalue weighted by Crippen LogP contribution is -2.21. The predicted octanol–water partition coefficient (Wildman–Crippen LogP) is 3.16. The lowest BCUT2D eigenvalue weighted by molar-refractivity contribution is -0.113. The molecule has 1 amide bonds. The molecule has 1 fully saturated rings. The van der Waals surface area contributed by atoms with Gasteiger partial charge < -0.3 is 10.4 Å². The van der Waals surface area contributed by atoms with E-state index in [0.29, 0.717) is 17.1 Å². The summed E-state index contributed by atoms with van der Waals surface area (Å²) >= 11 is 1.44. The number of phenolic OH excluding ortho intramolecular Hbond substituents is 1. The molecule has 1 aliphatic heterocycles. The first kappa shape index (κ1) is 16.3. The molecule has 1 saturated carbocycles. The van der Waals surface area contributed by atoms with Gasteiger partial charge in [0, 0.05) is 0 Å². The van der Waals surface area contributed by atoms with Crippen LogP contribution in [0.4, 0.5) is 5.82 Å². The highest BCUT2D eigenvalue weighted by molar-refractivity contribution is 8.00. The normalized spacial score (nSPS) is 21.4. The zero-order chi connectivity index (χ0) is 17.4. The number of aromatic hydroxyl groups is 1. The third-order valence-electron chi connectivity index (χ3n) is 5.00. The average Bonchev–Trinajstić information content (AvgIpc) is 2.83. The Morgan fingerprint density at radius 1 is 1.08 bits per heavy atom. The zero-order valence-corrected chi connectivity index (χ0v) is 14.6. The van der Waals surface area contributed by atoms with Gasteiger partial charge >= 0.3 is 0 Å². The van der Waals surface area contributed by atoms with Gasteiger partial charge in [-0.1, -0.05) is 31.4 Å². The number of thioether (sulfide) groups is 1. The Balaban J connectivity index is 1.81. The SMILES string of the molecule is O=C1CS[C@H](c2ccc(O)cc2)c2c(n(C3CCCCC3)[nH]c2=O)N1. The summed E-state index contributed by atoms with van der Waals surface area (Å²) in [6.45, 7) is 0. The molecule has 132 valence electrons. The second-order valence-electron chi connectivity index (χ2n) is 6.70. The van der Waals surface area contributed by atoms with Crippen molar-refractivity contribution in [2.45, 2.75) is 43.4 Å². The van der Waals surface area contributed by atoms with Crippen molar-refractivity contribution in [2.24, 2.45) is 0 Å². The lowest BCUT2D eigenvalue weighted by Gasteiger charge is -2.24. The molecule has 0 saturated heterocycles. The van der Waals surface area contributed by atoms with E-state index >= 15 is 0 Å². The Morgan fingerprint density at radius 2 is 1.80 bits per heavy atom. The Kier molecular flexibility index (Phi) is 4.33. The van der Waals surface area contributed by atoms with E-state index in [2.05, 4.69) is 10.4 Å². The minimum absolute atomic E-state index is 0.0870. The number of fused-ring (bicyclic) bond motifs is 1. The van der Waals surface area contributed by atoms with Gasteiger partial charge in [0.2, 0.25) is 5.91 Å². The second-order valence-corrected chi connectivity index (χ2v) is 7.79. The molecular formula is C18H21N3O3S. The van der Waals surface area contributed by atoms with E-state index < -0.39 is 0 Å². The number of anilines is 1. The fourth-order valence-corrected chi connectivity index (χ4v) is 4.89. The minimum atomic E-state index is -0.233. The number of H-pyrrole nitrogens is 1. The van der Waals surface area contributed by atoms with Gasteiger partial charge in [-0.3, -0.25) is 19.4 Å². The van der Waals surface area contributed by atoms with Gasteiger partial charge in [-0.05, 0) is 30.5 Å². The van der Waals surface area contributed by atoms with Crippen molar-refractivity contribution in [2.75, 3.05) is 11.1 Å². The molecule has 0 bridgehead atoms. The maximum absolute atomic E-state index is 12.7. The quantitative estimate of drug-likeness (QED) is 0.769. The van der Waals surface area contributed by atoms with Gasteiger partial charge in [-0.2, -0.15) is 0 Å². The molecule has 25 heavy (non-hydrogen) atoms. The molecule has 7 heteroatoms. The summed E-state index contributed by atoms with van der Waals surface area (Å²) in [7, 11) is 0. The number of carbonyl (C=O) groups excluding carboxylic acids is 1. The third-order valence-corrected chi connectivity index (χ3v) is 6.27. The smallest absolute Gasteiger partial charge is 0.270 e. The fraction of sp³-hybridized carbons (Fsp3) is 0.444. The molecule has 1 aromatic heterocycles. The van der Waals surface area contributed by atoms with E-state index in [9.17, 15) is 14.7 Å². The maximum atomic E-state index is 12.7. The van der Waals surface area contributed by atoms with E-state index in [-0.39, 0.29) is 28.5 Å². The van der Waals surface area contributed by atoms with Crippen LogP contribution in [0.1, 0.15) is 54.5 Å². The van der Waals surface area contributed by atoms with Crippen molar-refractivity contribution < 1.29 is 9.90 Å². The van der Waals surface area contributed by atoms with Crippen LogP contribution in [0.3, 0.4) is 0 Å². The summed E-state index contributed by atoms with van der Waals surface area (Å²) in [6.07, 6.45) is 5.55. The van der Waals surface area contributed by atoms with Gasteiger partial charge in [0.25, 0.3) is 5.56 Å². The number of nitrogens with zero attached hydrogens (tertiary/aromatic N) is 1. The van der Waals surface area contributed by atoms with Gasteiger partial charge in [0.1, 0.15) is 11.6 Å². The van der Waals surface area contributed by atoms with Crippen LogP contribution in [0, 0.1) is 0 Å². The molecule has 3 N–H and O–H groups in total. The highest BCUT2D eigenvalue weighted by Gasteiger charge is 2.32. The lowest BCUT2D eigenvalue weighted by atomic mass is 9.95. The van der Waals surface area contributed by atoms with Crippen molar-refractivity contribution in [3.63, 3.8) is 0 Å². The molecule has 6 nitrogen and oxygen atoms in total. The third kappa shape index (κ3) is 3.08. The van der Waals surface area contributed by atoms with E-state index in [0.717, 1.165) is 31.2 Å². The number of rotatable bonds is 2. The number of aromatic nitrogens is 2. The van der Waals surface area contributed by atoms with Crippen LogP contribution in [0.15, 0.2) is 29.1 Å². The molecule has 2 aromatic rings. The van der Waals surface area contributed by atoms with Gasteiger partial charge in [-0.25, -0.2) is 0 Å². The monoisotopic (exact) mass is 359 g/mol. The van der Waals surface area contributed by atoms with Crippen LogP contribution in [0.25, 0.3) is 0 Å². The van der Waals surface area contributed by atoms with Crippen LogP contribution < -0.4 is 10.9 Å². The number of nitrogens with one attached hydrogen (secondary N) is 2. The average molecular weight is 359 g/mol. The highest BCUT2D eigenvalue weighted by atomic mass is 32.2. The summed E-state index contributed by atoms with van der Waals surface area (Å²) in [5.41, 5.74) is 1.37. The van der Waals surface area contributed by atoms with E-state index in [1.54, 1.807) is 12.1 Å². The highest BCUT2D eigenvalue weighted by Crippen LogP contribution is 2.41. The molecule has 0 unspecified atom stereocenters. The standard InChI is InChI=1S/C18H21N3O3S/c22-13-8-6-11(7-9-13)16-15-17(19-14(23)10-25-16)21(20-18(15)24)12-4-2-1-3-5-12/h6-9,12,16,22H,1-5,10H2,(H,19,23)(H,20,24)/t16-/m1/s1. The Morgan fingerprint density at radius 3 is 2.52 bits per heavy atom. The van der Waals surface area contributed by atoms with Gasteiger partial charge in [0.15, 0.2) is 0 Å². The van der Waals surface area contributed by atoms with E-state index in [4.69, 9.17) is 0 Å². The second kappa shape index (κ2) is 6.63. The number of phenols is 1. The number of benzene rings is 1. The van der Waals surface area contributed by atoms with Crippen molar-refractivity contribution in [3.05, 3.63) is 45.7 Å². The molecule has 4 rings (SSSR count). The Labute approximate surface area is 149 Å². The number of hydrogen-bond donors (Lipinski definition) is 3. The Hall–Kier alpha value is -2.15. The van der Waals surface area contributed by atoms with E-state index in [1.807, 2.05) is 16.8 Å². The molecule has 2 aliphatic rings. The van der Waals surface area contributed by atoms with Crippen LogP contribution >= 0.6 is 11.8 Å². The number of aromatic amines is 1. The topological polar surface area (TPSA) is 87.1 Å². The summed E-state index contributed by atoms with van der Waals surface area (Å²) in [5, 5.41) is 15.2. The predicted molar refractivity (Wildman–Crippen MR) is 98.2 cm³/mol. The van der Waals surface area contributed by atoms with Gasteiger partial charge in [0.05, 0.1) is 22.6 Å². The summed E-state index contributed by atoms with van der Waals surface area (Å²) in [4.78, 5) is 25.0. The maximum Gasteiger partial charge on any atom is 0.270 e. The van der Waals surface area contributed by atoms with Crippen molar-refractivity contribution in [3.8, 4) is 5.75 Å². The summed E-state index contributed by atoms with van der Waals surface area (Å²) in [6, 6.07) is 7.08. The first-order chi connectivity index (χ1) is 12.1. The molecule has 1 atom stereocenters. The molecule has 2 heterocycles. The van der Waals surface area contributed by atoms with Crippen LogP contribution in [-0.2, 0) is 4.79 Å². The minimum Gasteiger partial charge on any atom is -0.508 e. The molecule has 0 radical (unpaired) electrons. The number of carbonyl (C=O) groups is 1. The Bertz CT molecular complexity index is 834. The molecule has 0 spiro atoms.